The van der Waals surface area contributed by atoms with Crippen LogP contribution in [0.2, 0.25) is 0 Å². The number of nitrogens with zero attached hydrogens (tertiary/aromatic N) is 3. The van der Waals surface area contributed by atoms with Crippen LogP contribution in [-0.2, 0) is 11.0 Å². The first-order valence-corrected chi connectivity index (χ1v) is 6.72. The second-order valence-corrected chi connectivity index (χ2v) is 5.03. The highest BCUT2D eigenvalue weighted by atomic mass is 19.4. The molecule has 1 atom stereocenters. The molecule has 0 fully saturated rings. The highest BCUT2D eigenvalue weighted by Gasteiger charge is 2.34. The topological polar surface area (TPSA) is 47.3 Å². The monoisotopic (exact) mass is 313 g/mol. The number of carbonyl (C=O) groups is 1. The zero-order valence-corrected chi connectivity index (χ0v) is 12.9. The minimum Gasteiger partial charge on any atom is -0.360 e. The lowest BCUT2D eigenvalue weighted by molar-refractivity contribution is -0.137. The molecular weight excluding hydrogens is 295 g/mol. The van der Waals surface area contributed by atoms with Crippen molar-refractivity contribution < 1.29 is 18.0 Å². The number of likely N-dealkylation sites (N-methyl/N-ethyl adjacent to an activating group) is 2. The minimum absolute atomic E-state index is 0.209. The van der Waals surface area contributed by atoms with Crippen LogP contribution < -0.4 is 4.90 Å². The Balaban J connectivity index is 3.30. The van der Waals surface area contributed by atoms with Gasteiger partial charge in [-0.2, -0.15) is 18.4 Å². The Bertz CT molecular complexity index is 591. The molecule has 120 valence electrons. The van der Waals surface area contributed by atoms with Crippen LogP contribution in [0.15, 0.2) is 18.2 Å². The summed E-state index contributed by atoms with van der Waals surface area (Å²) in [5.74, 6) is -0.209. The van der Waals surface area contributed by atoms with Crippen LogP contribution in [0.4, 0.5) is 18.9 Å². The molecule has 0 aliphatic heterocycles. The Kier molecular flexibility index (Phi) is 5.42. The molecular formula is C15H18F3N3O. The third-order valence-electron chi connectivity index (χ3n) is 3.37. The van der Waals surface area contributed by atoms with Gasteiger partial charge in [-0.05, 0) is 32.0 Å². The molecule has 22 heavy (non-hydrogen) atoms. The van der Waals surface area contributed by atoms with Crippen molar-refractivity contribution in [1.29, 1.82) is 5.26 Å². The molecule has 0 heterocycles. The summed E-state index contributed by atoms with van der Waals surface area (Å²) in [6.07, 6.45) is -4.62. The number of rotatable bonds is 4. The molecule has 0 saturated heterocycles. The lowest BCUT2D eigenvalue weighted by atomic mass is 10.1. The van der Waals surface area contributed by atoms with E-state index in [2.05, 4.69) is 0 Å². The van der Waals surface area contributed by atoms with Crippen molar-refractivity contribution in [2.75, 3.05) is 25.5 Å². The fourth-order valence-corrected chi connectivity index (χ4v) is 2.23. The molecule has 0 radical (unpaired) electrons. The highest BCUT2D eigenvalue weighted by Crippen LogP contribution is 2.34. The predicted octanol–water partition coefficient (Wildman–Crippen LogP) is 2.88. The van der Waals surface area contributed by atoms with Gasteiger partial charge in [0.15, 0.2) is 0 Å². The largest absolute Gasteiger partial charge is 0.417 e. The number of hydrogen-bond acceptors (Lipinski definition) is 3. The maximum Gasteiger partial charge on any atom is 0.417 e. The molecule has 0 aromatic heterocycles. The van der Waals surface area contributed by atoms with Crippen LogP contribution in [0.5, 0.6) is 0 Å². The van der Waals surface area contributed by atoms with Gasteiger partial charge in [-0.1, -0.05) is 0 Å². The second-order valence-electron chi connectivity index (χ2n) is 5.03. The van der Waals surface area contributed by atoms with Crippen molar-refractivity contribution in [3.05, 3.63) is 29.3 Å². The van der Waals surface area contributed by atoms with E-state index in [0.29, 0.717) is 6.54 Å². The van der Waals surface area contributed by atoms with E-state index in [-0.39, 0.29) is 11.6 Å². The third kappa shape index (κ3) is 3.70. The van der Waals surface area contributed by atoms with E-state index in [1.807, 2.05) is 0 Å². The maximum absolute atomic E-state index is 13.0. The van der Waals surface area contributed by atoms with Gasteiger partial charge < -0.3 is 9.80 Å². The van der Waals surface area contributed by atoms with E-state index in [1.54, 1.807) is 38.9 Å². The number of benzene rings is 1. The van der Waals surface area contributed by atoms with Crippen molar-refractivity contribution >= 4 is 11.6 Å². The van der Waals surface area contributed by atoms with Crippen LogP contribution in [0.3, 0.4) is 0 Å². The fourth-order valence-electron chi connectivity index (χ4n) is 2.23. The SMILES string of the molecule is CCN(c1ccc(C#N)c(C(F)(F)F)c1)[C@@H](C)C(=O)N(C)C. The van der Waals surface area contributed by atoms with Gasteiger partial charge in [0.05, 0.1) is 17.2 Å². The lowest BCUT2D eigenvalue weighted by Crippen LogP contribution is -2.44. The number of nitriles is 1. The van der Waals surface area contributed by atoms with E-state index in [9.17, 15) is 18.0 Å². The van der Waals surface area contributed by atoms with E-state index < -0.39 is 23.3 Å². The molecule has 1 amide bonds. The van der Waals surface area contributed by atoms with Crippen molar-refractivity contribution in [2.45, 2.75) is 26.1 Å². The number of alkyl halides is 3. The summed E-state index contributed by atoms with van der Waals surface area (Å²) in [7, 11) is 3.18. The molecule has 1 aromatic rings. The van der Waals surface area contributed by atoms with Gasteiger partial charge in [0, 0.05) is 26.3 Å². The zero-order valence-electron chi connectivity index (χ0n) is 12.9. The summed E-state index contributed by atoms with van der Waals surface area (Å²) in [4.78, 5) is 15.0. The summed E-state index contributed by atoms with van der Waals surface area (Å²) in [5.41, 5.74) is -1.16. The molecule has 0 aliphatic rings. The Hall–Kier alpha value is -2.23. The summed E-state index contributed by atoms with van der Waals surface area (Å²) in [6, 6.07) is 4.42. The molecule has 1 aromatic carbocycles. The number of amides is 1. The minimum atomic E-state index is -4.62. The van der Waals surface area contributed by atoms with E-state index in [4.69, 9.17) is 5.26 Å². The standard InChI is InChI=1S/C15H18F3N3O/c1-5-21(10(2)14(22)20(3)4)12-7-6-11(9-19)13(8-12)15(16,17)18/h6-8,10H,5H2,1-4H3/t10-/m0/s1. The normalized spacial score (nSPS) is 12.5. The van der Waals surface area contributed by atoms with Gasteiger partial charge in [0.1, 0.15) is 6.04 Å². The highest BCUT2D eigenvalue weighted by molar-refractivity contribution is 5.84. The Morgan fingerprint density at radius 3 is 2.36 bits per heavy atom. The fraction of sp³-hybridized carbons (Fsp3) is 0.467. The molecule has 0 bridgehead atoms. The van der Waals surface area contributed by atoms with Gasteiger partial charge >= 0.3 is 6.18 Å². The third-order valence-corrected chi connectivity index (χ3v) is 3.37. The van der Waals surface area contributed by atoms with E-state index >= 15 is 0 Å². The van der Waals surface area contributed by atoms with Crippen LogP contribution in [0, 0.1) is 11.3 Å². The van der Waals surface area contributed by atoms with E-state index in [0.717, 1.165) is 12.1 Å². The molecule has 1 rings (SSSR count). The van der Waals surface area contributed by atoms with Gasteiger partial charge in [0.2, 0.25) is 5.91 Å². The number of hydrogen-bond donors (Lipinski definition) is 0. The molecule has 0 aliphatic carbocycles. The van der Waals surface area contributed by atoms with Crippen LogP contribution in [0.25, 0.3) is 0 Å². The van der Waals surface area contributed by atoms with Crippen molar-refractivity contribution in [3.63, 3.8) is 0 Å². The second kappa shape index (κ2) is 6.69. The quantitative estimate of drug-likeness (QED) is 0.859. The Morgan fingerprint density at radius 1 is 1.36 bits per heavy atom. The van der Waals surface area contributed by atoms with Gasteiger partial charge in [-0.3, -0.25) is 4.79 Å². The molecule has 0 N–H and O–H groups in total. The van der Waals surface area contributed by atoms with Gasteiger partial charge in [-0.15, -0.1) is 0 Å². The van der Waals surface area contributed by atoms with Crippen LogP contribution in [0.1, 0.15) is 25.0 Å². The Morgan fingerprint density at radius 2 is 1.95 bits per heavy atom. The van der Waals surface area contributed by atoms with Crippen molar-refractivity contribution in [1.82, 2.24) is 4.90 Å². The number of anilines is 1. The summed E-state index contributed by atoms with van der Waals surface area (Å²) >= 11 is 0. The average Bonchev–Trinajstić information content (AvgIpc) is 2.45. The zero-order chi connectivity index (χ0) is 17.1. The number of carbonyl (C=O) groups excluding carboxylic acids is 1. The first kappa shape index (κ1) is 17.8. The first-order valence-electron chi connectivity index (χ1n) is 6.72. The number of halogens is 3. The van der Waals surface area contributed by atoms with Crippen molar-refractivity contribution in [2.24, 2.45) is 0 Å². The van der Waals surface area contributed by atoms with E-state index in [1.165, 1.54) is 11.0 Å². The molecule has 0 spiro atoms. The molecule has 4 nitrogen and oxygen atoms in total. The summed E-state index contributed by atoms with van der Waals surface area (Å²) in [6.45, 7) is 3.76. The molecule has 0 unspecified atom stereocenters. The Labute approximate surface area is 127 Å². The predicted molar refractivity (Wildman–Crippen MR) is 77.3 cm³/mol. The van der Waals surface area contributed by atoms with Gasteiger partial charge in [0.25, 0.3) is 0 Å². The molecule has 0 saturated carbocycles. The summed E-state index contributed by atoms with van der Waals surface area (Å²) in [5, 5.41) is 8.81. The van der Waals surface area contributed by atoms with Crippen LogP contribution in [-0.4, -0.2) is 37.5 Å². The lowest BCUT2D eigenvalue weighted by Gasteiger charge is -2.31. The maximum atomic E-state index is 13.0. The van der Waals surface area contributed by atoms with Crippen LogP contribution >= 0.6 is 0 Å². The smallest absolute Gasteiger partial charge is 0.360 e. The first-order chi connectivity index (χ1) is 10.1. The van der Waals surface area contributed by atoms with Crippen molar-refractivity contribution in [3.8, 4) is 6.07 Å². The average molecular weight is 313 g/mol. The summed E-state index contributed by atoms with van der Waals surface area (Å²) < 4.78 is 39.1. The molecule has 7 heteroatoms. The van der Waals surface area contributed by atoms with Gasteiger partial charge in [-0.25, -0.2) is 0 Å².